The minimum absolute atomic E-state index is 0.109. The highest BCUT2D eigenvalue weighted by molar-refractivity contribution is 9.09. The number of Topliss-reactive ketones (excluding diaryl/α,β-unsaturated/α-hetero) is 1. The fraction of sp³-hybridized carbons (Fsp3) is 0.0714. The molecule has 0 amide bonds. The number of rotatable bonds is 3. The Labute approximate surface area is 103 Å². The van der Waals surface area contributed by atoms with Crippen molar-refractivity contribution in [2.75, 3.05) is 5.33 Å². The van der Waals surface area contributed by atoms with Crippen molar-refractivity contribution in [1.82, 2.24) is 0 Å². The number of carbonyl (C=O) groups is 1. The zero-order chi connectivity index (χ0) is 11.4. The number of halogens is 1. The lowest BCUT2D eigenvalue weighted by Crippen LogP contribution is -1.99. The summed E-state index contributed by atoms with van der Waals surface area (Å²) >= 11 is 3.18. The van der Waals surface area contributed by atoms with Crippen LogP contribution in [0.4, 0.5) is 0 Å². The number of hydrogen-bond donors (Lipinski definition) is 0. The fourth-order valence-corrected chi connectivity index (χ4v) is 1.90. The summed E-state index contributed by atoms with van der Waals surface area (Å²) < 4.78 is 0. The third-order valence-electron chi connectivity index (χ3n) is 2.41. The van der Waals surface area contributed by atoms with Crippen molar-refractivity contribution < 1.29 is 4.79 Å². The Balaban J connectivity index is 2.40. The predicted molar refractivity (Wildman–Crippen MR) is 70.0 cm³/mol. The number of carbonyl (C=O) groups excluding carboxylic acids is 1. The van der Waals surface area contributed by atoms with Gasteiger partial charge < -0.3 is 0 Å². The molecule has 0 saturated carbocycles. The summed E-state index contributed by atoms with van der Waals surface area (Å²) in [5.74, 6) is 0.109. The minimum Gasteiger partial charge on any atom is -0.293 e. The fourth-order valence-electron chi connectivity index (χ4n) is 1.58. The molecule has 2 aromatic carbocycles. The smallest absolute Gasteiger partial charge is 0.173 e. The van der Waals surface area contributed by atoms with Gasteiger partial charge in [-0.25, -0.2) is 0 Å². The van der Waals surface area contributed by atoms with Crippen molar-refractivity contribution in [3.63, 3.8) is 0 Å². The molecule has 0 bridgehead atoms. The molecule has 0 N–H and O–H groups in total. The molecule has 0 aliphatic heterocycles. The lowest BCUT2D eigenvalue weighted by atomic mass is 10.0. The maximum absolute atomic E-state index is 11.6. The predicted octanol–water partition coefficient (Wildman–Crippen LogP) is 3.93. The summed E-state index contributed by atoms with van der Waals surface area (Å²) in [4.78, 5) is 11.6. The summed E-state index contributed by atoms with van der Waals surface area (Å²) in [5, 5.41) is 0.366. The van der Waals surface area contributed by atoms with Gasteiger partial charge in [-0.05, 0) is 17.2 Å². The van der Waals surface area contributed by atoms with Crippen LogP contribution in [0.2, 0.25) is 0 Å². The van der Waals surface area contributed by atoms with Crippen LogP contribution < -0.4 is 0 Å². The third-order valence-corrected chi connectivity index (χ3v) is 2.92. The minimum atomic E-state index is 0.109. The first kappa shape index (κ1) is 11.1. The average Bonchev–Trinajstić information content (AvgIpc) is 2.39. The van der Waals surface area contributed by atoms with Crippen LogP contribution in [0.3, 0.4) is 0 Å². The SMILES string of the molecule is O=C(CBr)c1cccc(-c2ccccc2)c1. The van der Waals surface area contributed by atoms with Crippen LogP contribution in [-0.4, -0.2) is 11.1 Å². The van der Waals surface area contributed by atoms with Gasteiger partial charge in [-0.3, -0.25) is 4.79 Å². The molecular weight excluding hydrogens is 264 g/mol. The molecule has 0 aliphatic rings. The molecule has 2 rings (SSSR count). The van der Waals surface area contributed by atoms with Gasteiger partial charge >= 0.3 is 0 Å². The van der Waals surface area contributed by atoms with Gasteiger partial charge in [-0.15, -0.1) is 0 Å². The molecule has 0 aliphatic carbocycles. The molecule has 2 heteroatoms. The summed E-state index contributed by atoms with van der Waals surface area (Å²) in [6.45, 7) is 0. The molecule has 0 aromatic heterocycles. The Morgan fingerprint density at radius 2 is 1.62 bits per heavy atom. The van der Waals surface area contributed by atoms with Crippen molar-refractivity contribution in [3.8, 4) is 11.1 Å². The van der Waals surface area contributed by atoms with E-state index in [-0.39, 0.29) is 5.78 Å². The van der Waals surface area contributed by atoms with Crippen molar-refractivity contribution >= 4 is 21.7 Å². The van der Waals surface area contributed by atoms with Crippen LogP contribution >= 0.6 is 15.9 Å². The second-order valence-electron chi connectivity index (χ2n) is 3.50. The third kappa shape index (κ3) is 2.39. The van der Waals surface area contributed by atoms with E-state index < -0.39 is 0 Å². The second kappa shape index (κ2) is 5.08. The Bertz CT molecular complexity index is 491. The van der Waals surface area contributed by atoms with Crippen molar-refractivity contribution in [2.45, 2.75) is 0 Å². The van der Waals surface area contributed by atoms with E-state index in [4.69, 9.17) is 0 Å². The largest absolute Gasteiger partial charge is 0.293 e. The highest BCUT2D eigenvalue weighted by Gasteiger charge is 2.04. The van der Waals surface area contributed by atoms with Gasteiger partial charge in [0.1, 0.15) is 0 Å². The molecule has 16 heavy (non-hydrogen) atoms. The van der Waals surface area contributed by atoms with E-state index in [1.54, 1.807) is 0 Å². The van der Waals surface area contributed by atoms with Crippen LogP contribution in [0, 0.1) is 0 Å². The van der Waals surface area contributed by atoms with Crippen LogP contribution in [0.5, 0.6) is 0 Å². The van der Waals surface area contributed by atoms with Crippen LogP contribution in [0.1, 0.15) is 10.4 Å². The molecule has 0 atom stereocenters. The number of ketones is 1. The standard InChI is InChI=1S/C14H11BrO/c15-10-14(16)13-8-4-7-12(9-13)11-5-2-1-3-6-11/h1-9H,10H2. The highest BCUT2D eigenvalue weighted by Crippen LogP contribution is 2.20. The molecule has 0 radical (unpaired) electrons. The maximum Gasteiger partial charge on any atom is 0.173 e. The molecule has 2 aromatic rings. The summed E-state index contributed by atoms with van der Waals surface area (Å²) in [6.07, 6.45) is 0. The molecule has 0 unspecified atom stereocenters. The van der Waals surface area contributed by atoms with Crippen molar-refractivity contribution in [1.29, 1.82) is 0 Å². The molecule has 80 valence electrons. The first-order valence-corrected chi connectivity index (χ1v) is 6.18. The summed E-state index contributed by atoms with van der Waals surface area (Å²) in [5.41, 5.74) is 2.96. The molecule has 0 fully saturated rings. The van der Waals surface area contributed by atoms with Gasteiger partial charge in [-0.1, -0.05) is 64.5 Å². The monoisotopic (exact) mass is 274 g/mol. The van der Waals surface area contributed by atoms with Gasteiger partial charge in [-0.2, -0.15) is 0 Å². The number of benzene rings is 2. The zero-order valence-electron chi connectivity index (χ0n) is 8.69. The number of alkyl halides is 1. The molecular formula is C14H11BrO. The number of hydrogen-bond acceptors (Lipinski definition) is 1. The van der Waals surface area contributed by atoms with Crippen molar-refractivity contribution in [3.05, 3.63) is 60.2 Å². The van der Waals surface area contributed by atoms with Crippen LogP contribution in [0.15, 0.2) is 54.6 Å². The van der Waals surface area contributed by atoms with Gasteiger partial charge in [0.15, 0.2) is 5.78 Å². The van der Waals surface area contributed by atoms with Gasteiger partial charge in [0.2, 0.25) is 0 Å². The van der Waals surface area contributed by atoms with Crippen LogP contribution in [-0.2, 0) is 0 Å². The van der Waals surface area contributed by atoms with E-state index in [0.29, 0.717) is 5.33 Å². The first-order valence-electron chi connectivity index (χ1n) is 5.06. The maximum atomic E-state index is 11.6. The molecule has 0 heterocycles. The Hall–Kier alpha value is -1.41. The summed E-state index contributed by atoms with van der Waals surface area (Å²) in [6, 6.07) is 17.8. The van der Waals surface area contributed by atoms with Gasteiger partial charge in [0.25, 0.3) is 0 Å². The first-order chi connectivity index (χ1) is 7.81. The van der Waals surface area contributed by atoms with Crippen LogP contribution in [0.25, 0.3) is 11.1 Å². The quantitative estimate of drug-likeness (QED) is 0.612. The highest BCUT2D eigenvalue weighted by atomic mass is 79.9. The molecule has 0 spiro atoms. The van der Waals surface area contributed by atoms with E-state index >= 15 is 0 Å². The average molecular weight is 275 g/mol. The normalized spacial score (nSPS) is 10.1. The van der Waals surface area contributed by atoms with E-state index in [1.165, 1.54) is 0 Å². The zero-order valence-corrected chi connectivity index (χ0v) is 10.3. The van der Waals surface area contributed by atoms with E-state index in [1.807, 2.05) is 54.6 Å². The summed E-state index contributed by atoms with van der Waals surface area (Å²) in [7, 11) is 0. The lowest BCUT2D eigenvalue weighted by molar-refractivity contribution is 0.102. The van der Waals surface area contributed by atoms with Crippen molar-refractivity contribution in [2.24, 2.45) is 0 Å². The molecule has 1 nitrogen and oxygen atoms in total. The van der Waals surface area contributed by atoms with Gasteiger partial charge in [0, 0.05) is 5.56 Å². The molecule has 0 saturated heterocycles. The Morgan fingerprint density at radius 3 is 2.31 bits per heavy atom. The Morgan fingerprint density at radius 1 is 0.938 bits per heavy atom. The lowest BCUT2D eigenvalue weighted by Gasteiger charge is -2.03. The van der Waals surface area contributed by atoms with Gasteiger partial charge in [0.05, 0.1) is 5.33 Å². The van der Waals surface area contributed by atoms with E-state index in [2.05, 4.69) is 15.9 Å². The topological polar surface area (TPSA) is 17.1 Å². The van der Waals surface area contributed by atoms with E-state index in [0.717, 1.165) is 16.7 Å². The van der Waals surface area contributed by atoms with E-state index in [9.17, 15) is 4.79 Å². The Kier molecular flexibility index (Phi) is 3.52. The second-order valence-corrected chi connectivity index (χ2v) is 4.06.